The van der Waals surface area contributed by atoms with Gasteiger partial charge >= 0.3 is 0 Å². The summed E-state index contributed by atoms with van der Waals surface area (Å²) in [4.78, 5) is 10.5. The van der Waals surface area contributed by atoms with Gasteiger partial charge in [0.1, 0.15) is 0 Å². The van der Waals surface area contributed by atoms with Crippen LogP contribution in [0.3, 0.4) is 0 Å². The minimum Gasteiger partial charge on any atom is -0.258 e. The molecule has 0 spiro atoms. The lowest BCUT2D eigenvalue weighted by Crippen LogP contribution is -2.48. The fraction of sp³-hybridized carbons (Fsp3) is 0.474. The van der Waals surface area contributed by atoms with Gasteiger partial charge in [0.15, 0.2) is 4.90 Å². The number of nitro groups is 1. The zero-order chi connectivity index (χ0) is 19.2. The Kier molecular flexibility index (Phi) is 7.11. The molecule has 0 bridgehead atoms. The summed E-state index contributed by atoms with van der Waals surface area (Å²) < 4.78 is 28.3. The van der Waals surface area contributed by atoms with Crippen molar-refractivity contribution in [3.8, 4) is 0 Å². The molecule has 1 heterocycles. The number of benzene rings is 1. The van der Waals surface area contributed by atoms with Gasteiger partial charge in [-0.15, -0.1) is 6.58 Å². The van der Waals surface area contributed by atoms with Crippen LogP contribution in [0.4, 0.5) is 5.69 Å². The lowest BCUT2D eigenvalue weighted by atomic mass is 9.99. The minimum atomic E-state index is -3.98. The number of para-hydroxylation sites is 1. The second kappa shape index (κ2) is 9.09. The van der Waals surface area contributed by atoms with Gasteiger partial charge in [-0.25, -0.2) is 8.42 Å². The summed E-state index contributed by atoms with van der Waals surface area (Å²) in [6.07, 6.45) is 10.3. The summed E-state index contributed by atoms with van der Waals surface area (Å²) in [6, 6.07) is 5.12. The Morgan fingerprint density at radius 1 is 1.35 bits per heavy atom. The summed E-state index contributed by atoms with van der Waals surface area (Å²) >= 11 is 0. The van der Waals surface area contributed by atoms with Crippen molar-refractivity contribution in [1.82, 2.24) is 4.31 Å². The summed E-state index contributed by atoms with van der Waals surface area (Å²) in [7, 11) is -3.98. The van der Waals surface area contributed by atoms with Crippen LogP contribution in [0.5, 0.6) is 0 Å². The van der Waals surface area contributed by atoms with Gasteiger partial charge in [0, 0.05) is 18.2 Å². The first kappa shape index (κ1) is 20.3. The van der Waals surface area contributed by atoms with Crippen molar-refractivity contribution in [3.63, 3.8) is 0 Å². The van der Waals surface area contributed by atoms with Gasteiger partial charge in [-0.05, 0) is 38.2 Å². The van der Waals surface area contributed by atoms with Crippen molar-refractivity contribution in [1.29, 1.82) is 0 Å². The normalized spacial score (nSPS) is 20.8. The van der Waals surface area contributed by atoms with Crippen molar-refractivity contribution >= 4 is 15.7 Å². The van der Waals surface area contributed by atoms with Crippen LogP contribution in [-0.2, 0) is 10.0 Å². The van der Waals surface area contributed by atoms with Crippen molar-refractivity contribution in [2.75, 3.05) is 0 Å². The molecule has 7 heteroatoms. The monoisotopic (exact) mass is 378 g/mol. The maximum atomic E-state index is 13.4. The van der Waals surface area contributed by atoms with E-state index in [4.69, 9.17) is 0 Å². The van der Waals surface area contributed by atoms with Gasteiger partial charge in [0.25, 0.3) is 15.7 Å². The summed E-state index contributed by atoms with van der Waals surface area (Å²) in [5, 5.41) is 11.3. The second-order valence-corrected chi connectivity index (χ2v) is 8.26. The van der Waals surface area contributed by atoms with E-state index in [-0.39, 0.29) is 22.7 Å². The maximum absolute atomic E-state index is 13.4. The number of hydrogen-bond donors (Lipinski definition) is 0. The predicted molar refractivity (Wildman–Crippen MR) is 102 cm³/mol. The molecule has 6 nitrogen and oxygen atoms in total. The van der Waals surface area contributed by atoms with Gasteiger partial charge in [-0.2, -0.15) is 4.31 Å². The van der Waals surface area contributed by atoms with E-state index >= 15 is 0 Å². The third-order valence-electron chi connectivity index (χ3n) is 4.60. The highest BCUT2D eigenvalue weighted by Crippen LogP contribution is 2.34. The Morgan fingerprint density at radius 2 is 2.08 bits per heavy atom. The Hall–Kier alpha value is -1.99. The molecule has 0 amide bonds. The first-order chi connectivity index (χ1) is 12.4. The number of nitrogens with zero attached hydrogens (tertiary/aromatic N) is 2. The van der Waals surface area contributed by atoms with E-state index in [1.165, 1.54) is 28.6 Å². The van der Waals surface area contributed by atoms with Crippen LogP contribution in [-0.4, -0.2) is 29.7 Å². The van der Waals surface area contributed by atoms with E-state index in [1.54, 1.807) is 0 Å². The molecule has 2 atom stereocenters. The molecular formula is C19H26N2O4S. The first-order valence-corrected chi connectivity index (χ1v) is 10.4. The SMILES string of the molecule is C=CCCC[C@H]1C=CC[C@@H](CCC)N1S(=O)(=O)c1ccccc1[N+](=O)[O-]. The third-order valence-corrected chi connectivity index (χ3v) is 6.63. The molecule has 0 saturated heterocycles. The number of hydrogen-bond acceptors (Lipinski definition) is 4. The summed E-state index contributed by atoms with van der Waals surface area (Å²) in [5.74, 6) is 0. The molecule has 1 aliphatic rings. The lowest BCUT2D eigenvalue weighted by Gasteiger charge is -2.38. The topological polar surface area (TPSA) is 80.5 Å². The molecule has 1 aliphatic heterocycles. The molecule has 0 aromatic heterocycles. The second-order valence-electron chi connectivity index (χ2n) is 6.45. The van der Waals surface area contributed by atoms with Crippen LogP contribution in [0, 0.1) is 10.1 Å². The largest absolute Gasteiger partial charge is 0.289 e. The minimum absolute atomic E-state index is 0.177. The average Bonchev–Trinajstić information content (AvgIpc) is 2.62. The van der Waals surface area contributed by atoms with Crippen molar-refractivity contribution in [2.45, 2.75) is 62.4 Å². The summed E-state index contributed by atoms with van der Waals surface area (Å²) in [6.45, 7) is 5.72. The van der Waals surface area contributed by atoms with Crippen molar-refractivity contribution in [3.05, 3.63) is 59.2 Å². The molecule has 142 valence electrons. The van der Waals surface area contributed by atoms with Crippen LogP contribution >= 0.6 is 0 Å². The number of unbranched alkanes of at least 4 members (excludes halogenated alkanes) is 1. The zero-order valence-corrected chi connectivity index (χ0v) is 15.9. The van der Waals surface area contributed by atoms with Crippen molar-refractivity contribution < 1.29 is 13.3 Å². The van der Waals surface area contributed by atoms with E-state index in [1.807, 2.05) is 25.2 Å². The first-order valence-electron chi connectivity index (χ1n) is 8.98. The highest BCUT2D eigenvalue weighted by atomic mass is 32.2. The van der Waals surface area contributed by atoms with Crippen LogP contribution < -0.4 is 0 Å². The molecule has 0 radical (unpaired) electrons. The fourth-order valence-electron chi connectivity index (χ4n) is 3.44. The van der Waals surface area contributed by atoms with Crippen molar-refractivity contribution in [2.24, 2.45) is 0 Å². The standard InChI is InChI=1S/C19H26N2O4S/c1-3-5-6-11-17-13-9-12-16(10-4-2)20(17)26(24,25)19-15-8-7-14-18(19)21(22)23/h3,7-9,13-17H,1,4-6,10-12H2,2H3/t16-,17+/m1/s1. The molecular weight excluding hydrogens is 352 g/mol. The lowest BCUT2D eigenvalue weighted by molar-refractivity contribution is -0.387. The Bertz CT molecular complexity index is 773. The highest BCUT2D eigenvalue weighted by Gasteiger charge is 2.40. The van der Waals surface area contributed by atoms with Gasteiger partial charge in [0.05, 0.1) is 4.92 Å². The van der Waals surface area contributed by atoms with E-state index in [0.29, 0.717) is 12.8 Å². The van der Waals surface area contributed by atoms with E-state index in [2.05, 4.69) is 6.58 Å². The quantitative estimate of drug-likeness (QED) is 0.275. The Morgan fingerprint density at radius 3 is 2.73 bits per heavy atom. The molecule has 26 heavy (non-hydrogen) atoms. The highest BCUT2D eigenvalue weighted by molar-refractivity contribution is 7.89. The number of rotatable bonds is 9. The Balaban J connectivity index is 2.47. The number of sulfonamides is 1. The van der Waals surface area contributed by atoms with Gasteiger partial charge in [0.2, 0.25) is 0 Å². The average molecular weight is 378 g/mol. The maximum Gasteiger partial charge on any atom is 0.289 e. The Labute approximate surface area is 155 Å². The molecule has 1 aromatic rings. The van der Waals surface area contributed by atoms with Gasteiger partial charge < -0.3 is 0 Å². The van der Waals surface area contributed by atoms with Crippen LogP contribution in [0.25, 0.3) is 0 Å². The van der Waals surface area contributed by atoms with Crippen LogP contribution in [0.1, 0.15) is 45.4 Å². The third kappa shape index (κ3) is 4.40. The molecule has 0 aliphatic carbocycles. The predicted octanol–water partition coefficient (Wildman–Crippen LogP) is 4.44. The molecule has 1 aromatic carbocycles. The molecule has 0 fully saturated rings. The number of nitro benzene ring substituents is 1. The van der Waals surface area contributed by atoms with Gasteiger partial charge in [-0.3, -0.25) is 10.1 Å². The zero-order valence-electron chi connectivity index (χ0n) is 15.1. The molecule has 0 N–H and O–H groups in total. The van der Waals surface area contributed by atoms with E-state index in [9.17, 15) is 18.5 Å². The molecule has 2 rings (SSSR count). The van der Waals surface area contributed by atoms with Gasteiger partial charge in [-0.1, -0.05) is 43.7 Å². The molecule has 0 unspecified atom stereocenters. The number of allylic oxidation sites excluding steroid dienone is 1. The van der Waals surface area contributed by atoms with E-state index < -0.39 is 14.9 Å². The van der Waals surface area contributed by atoms with Crippen LogP contribution in [0.15, 0.2) is 54.0 Å². The van der Waals surface area contributed by atoms with Crippen LogP contribution in [0.2, 0.25) is 0 Å². The van der Waals surface area contributed by atoms with E-state index in [0.717, 1.165) is 25.7 Å². The summed E-state index contributed by atoms with van der Waals surface area (Å²) in [5.41, 5.74) is -0.373. The fourth-order valence-corrected chi connectivity index (χ4v) is 5.44. The smallest absolute Gasteiger partial charge is 0.258 e. The molecule has 0 saturated carbocycles.